The van der Waals surface area contributed by atoms with Crippen molar-refractivity contribution < 1.29 is 9.18 Å². The van der Waals surface area contributed by atoms with Crippen LogP contribution in [-0.4, -0.2) is 61.9 Å². The van der Waals surface area contributed by atoms with E-state index in [-0.39, 0.29) is 35.1 Å². The van der Waals surface area contributed by atoms with Gasteiger partial charge in [0.25, 0.3) is 0 Å². The Labute approximate surface area is 182 Å². The van der Waals surface area contributed by atoms with Gasteiger partial charge in [-0.05, 0) is 85.3 Å². The zero-order valence-electron chi connectivity index (χ0n) is 18.7. The fourth-order valence-corrected chi connectivity index (χ4v) is 4.90. The molecule has 1 aromatic carbocycles. The Morgan fingerprint density at radius 1 is 1.13 bits per heavy atom. The van der Waals surface area contributed by atoms with Gasteiger partial charge in [0.2, 0.25) is 5.91 Å². The van der Waals surface area contributed by atoms with Crippen molar-refractivity contribution in [2.45, 2.75) is 75.5 Å². The van der Waals surface area contributed by atoms with E-state index in [1.54, 1.807) is 12.1 Å². The number of hydrogen-bond acceptors (Lipinski definition) is 5. The second-order valence-electron chi connectivity index (χ2n) is 8.43. The lowest BCUT2D eigenvalue weighted by molar-refractivity contribution is -0.136. The number of carbonyl (C=O) groups is 1. The van der Waals surface area contributed by atoms with Crippen LogP contribution in [0.5, 0.6) is 0 Å². The number of benzene rings is 1. The highest BCUT2D eigenvalue weighted by Gasteiger charge is 2.33. The molecule has 30 heavy (non-hydrogen) atoms. The molecule has 1 aliphatic rings. The summed E-state index contributed by atoms with van der Waals surface area (Å²) in [4.78, 5) is 17.3. The Bertz CT molecular complexity index is 859. The normalized spacial score (nSPS) is 21.7. The second kappa shape index (κ2) is 9.47. The van der Waals surface area contributed by atoms with E-state index in [1.807, 2.05) is 42.3 Å². The number of amides is 1. The average Bonchev–Trinajstić information content (AvgIpc) is 3.10. The molecule has 2 heterocycles. The average molecular weight is 434 g/mol. The molecule has 0 saturated carbocycles. The van der Waals surface area contributed by atoms with E-state index >= 15 is 0 Å². The molecule has 6 nitrogen and oxygen atoms in total. The van der Waals surface area contributed by atoms with Crippen molar-refractivity contribution in [3.63, 3.8) is 0 Å². The molecule has 0 radical (unpaired) electrons. The van der Waals surface area contributed by atoms with Gasteiger partial charge >= 0.3 is 0 Å². The highest BCUT2D eigenvalue weighted by molar-refractivity contribution is 8.00. The molecule has 0 bridgehead atoms. The number of likely N-dealkylation sites (tertiary alicyclic amines) is 1. The third kappa shape index (κ3) is 4.70. The van der Waals surface area contributed by atoms with Crippen LogP contribution < -0.4 is 0 Å². The van der Waals surface area contributed by atoms with Crippen molar-refractivity contribution in [3.05, 3.63) is 35.9 Å². The Morgan fingerprint density at radius 2 is 1.73 bits per heavy atom. The lowest BCUT2D eigenvalue weighted by atomic mass is 9.97. The molecular weight excluding hydrogens is 401 g/mol. The van der Waals surface area contributed by atoms with E-state index in [0.717, 1.165) is 30.8 Å². The molecule has 0 N–H and O–H groups in total. The summed E-state index contributed by atoms with van der Waals surface area (Å²) in [5, 5.41) is 9.18. The summed E-state index contributed by atoms with van der Waals surface area (Å²) in [6.45, 7) is 8.23. The van der Waals surface area contributed by atoms with Crippen molar-refractivity contribution in [1.29, 1.82) is 0 Å². The number of aromatic nitrogens is 3. The number of hydrogen-bond donors (Lipinski definition) is 0. The summed E-state index contributed by atoms with van der Waals surface area (Å²) in [6, 6.07) is 6.81. The number of thioether (sulfide) groups is 1. The molecule has 164 valence electrons. The fraction of sp³-hybridized carbons (Fsp3) is 0.591. The maximum atomic E-state index is 13.5. The lowest BCUT2D eigenvalue weighted by Gasteiger charge is -2.40. The van der Waals surface area contributed by atoms with Gasteiger partial charge in [-0.15, -0.1) is 10.2 Å². The van der Waals surface area contributed by atoms with Crippen molar-refractivity contribution >= 4 is 17.7 Å². The zero-order chi connectivity index (χ0) is 22.0. The van der Waals surface area contributed by atoms with Gasteiger partial charge in [-0.25, -0.2) is 4.39 Å². The third-order valence-corrected chi connectivity index (χ3v) is 7.00. The van der Waals surface area contributed by atoms with Crippen molar-refractivity contribution in [3.8, 4) is 5.69 Å². The minimum Gasteiger partial charge on any atom is -0.336 e. The first kappa shape index (κ1) is 22.7. The van der Waals surface area contributed by atoms with Gasteiger partial charge in [0.15, 0.2) is 11.0 Å². The first-order valence-corrected chi connectivity index (χ1v) is 11.4. The van der Waals surface area contributed by atoms with Gasteiger partial charge in [-0.2, -0.15) is 0 Å². The minimum absolute atomic E-state index is 0.00468. The molecule has 4 atom stereocenters. The Hall–Kier alpha value is -1.93. The second-order valence-corrected chi connectivity index (χ2v) is 9.73. The largest absolute Gasteiger partial charge is 0.336 e. The van der Waals surface area contributed by atoms with E-state index in [4.69, 9.17) is 0 Å². The van der Waals surface area contributed by atoms with E-state index in [0.29, 0.717) is 5.16 Å². The molecule has 1 saturated heterocycles. The molecule has 1 fully saturated rings. The van der Waals surface area contributed by atoms with Gasteiger partial charge in [0, 0.05) is 17.8 Å². The van der Waals surface area contributed by atoms with Gasteiger partial charge in [0.1, 0.15) is 5.82 Å². The van der Waals surface area contributed by atoms with Gasteiger partial charge in [-0.3, -0.25) is 14.3 Å². The van der Waals surface area contributed by atoms with Crippen LogP contribution in [0.4, 0.5) is 4.39 Å². The van der Waals surface area contributed by atoms with Crippen LogP contribution in [0.25, 0.3) is 5.69 Å². The molecule has 1 aliphatic heterocycles. The Kier molecular flexibility index (Phi) is 7.18. The zero-order valence-corrected chi connectivity index (χ0v) is 19.5. The predicted octanol–water partition coefficient (Wildman–Crippen LogP) is 4.30. The number of carbonyl (C=O) groups excluding carboxylic acids is 1. The van der Waals surface area contributed by atoms with Crippen LogP contribution in [0.3, 0.4) is 0 Å². The summed E-state index contributed by atoms with van der Waals surface area (Å²) >= 11 is 1.41. The van der Waals surface area contributed by atoms with Crippen LogP contribution in [0.15, 0.2) is 29.4 Å². The van der Waals surface area contributed by atoms with Crippen LogP contribution in [0.1, 0.15) is 58.8 Å². The van der Waals surface area contributed by atoms with E-state index in [9.17, 15) is 9.18 Å². The smallest absolute Gasteiger partial charge is 0.236 e. The first-order chi connectivity index (χ1) is 14.2. The Morgan fingerprint density at radius 3 is 2.30 bits per heavy atom. The van der Waals surface area contributed by atoms with Crippen LogP contribution >= 0.6 is 11.8 Å². The lowest BCUT2D eigenvalue weighted by Crippen LogP contribution is -2.50. The molecule has 0 aliphatic carbocycles. The summed E-state index contributed by atoms with van der Waals surface area (Å²) in [7, 11) is 3.96. The quantitative estimate of drug-likeness (QED) is 0.636. The molecule has 1 aromatic heterocycles. The first-order valence-electron chi connectivity index (χ1n) is 10.6. The maximum Gasteiger partial charge on any atom is 0.236 e. The standard InChI is InChI=1S/C22H32FN5OS/c1-14-8-7-9-15(2)27(14)21(29)17(4)30-22-25-24-20(16(3)26(5)6)28(22)19-12-10-18(23)11-13-19/h10-17H,7-9H2,1-6H3/t14-,15+,16-,17-/m0/s1. The van der Waals surface area contributed by atoms with Crippen molar-refractivity contribution in [2.24, 2.45) is 0 Å². The number of rotatable bonds is 6. The molecule has 0 spiro atoms. The molecule has 8 heteroatoms. The van der Waals surface area contributed by atoms with Crippen LogP contribution in [0, 0.1) is 5.82 Å². The van der Waals surface area contributed by atoms with E-state index < -0.39 is 0 Å². The summed E-state index contributed by atoms with van der Waals surface area (Å²) in [5.41, 5.74) is 0.784. The summed E-state index contributed by atoms with van der Waals surface area (Å²) in [5.74, 6) is 0.601. The van der Waals surface area contributed by atoms with Gasteiger partial charge in [0.05, 0.1) is 11.3 Å². The minimum atomic E-state index is -0.293. The number of piperidine rings is 1. The third-order valence-electron chi connectivity index (χ3n) is 5.97. The predicted molar refractivity (Wildman–Crippen MR) is 118 cm³/mol. The van der Waals surface area contributed by atoms with Crippen molar-refractivity contribution in [1.82, 2.24) is 24.6 Å². The van der Waals surface area contributed by atoms with Crippen molar-refractivity contribution in [2.75, 3.05) is 14.1 Å². The number of nitrogens with zero attached hydrogens (tertiary/aromatic N) is 5. The van der Waals surface area contributed by atoms with E-state index in [2.05, 4.69) is 24.0 Å². The SMILES string of the molecule is C[C@H](Sc1nnc([C@H](C)N(C)C)n1-c1ccc(F)cc1)C(=O)N1[C@H](C)CCC[C@@H]1C. The molecule has 1 amide bonds. The maximum absolute atomic E-state index is 13.5. The number of halogens is 1. The molecule has 2 aromatic rings. The van der Waals surface area contributed by atoms with Gasteiger partial charge < -0.3 is 4.90 Å². The fourth-order valence-electron chi connectivity index (χ4n) is 3.97. The Balaban J connectivity index is 1.91. The van der Waals surface area contributed by atoms with E-state index in [1.165, 1.54) is 23.9 Å². The molecule has 0 unspecified atom stereocenters. The highest BCUT2D eigenvalue weighted by atomic mass is 32.2. The molecular formula is C22H32FN5OS. The molecule has 3 rings (SSSR count). The summed E-state index contributed by atoms with van der Waals surface area (Å²) < 4.78 is 15.4. The van der Waals surface area contributed by atoms with Gasteiger partial charge in [-0.1, -0.05) is 11.8 Å². The topological polar surface area (TPSA) is 54.3 Å². The monoisotopic (exact) mass is 433 g/mol. The van der Waals surface area contributed by atoms with Crippen LogP contribution in [-0.2, 0) is 4.79 Å². The van der Waals surface area contributed by atoms with Crippen LogP contribution in [0.2, 0.25) is 0 Å². The summed E-state index contributed by atoms with van der Waals surface area (Å²) in [6.07, 6.45) is 3.26. The highest BCUT2D eigenvalue weighted by Crippen LogP contribution is 2.32.